The molecule has 0 aliphatic rings. The van der Waals surface area contributed by atoms with Gasteiger partial charge < -0.3 is 51.3 Å². The molecule has 5 atom stereocenters. The number of methoxy groups -OCH3 is 1. The van der Waals surface area contributed by atoms with E-state index < -0.39 is 71.0 Å². The predicted octanol–water partition coefficient (Wildman–Crippen LogP) is 4.04. The number of carbonyl (C=O) groups is 5. The van der Waals surface area contributed by atoms with Crippen molar-refractivity contribution in [3.05, 3.63) is 120 Å². The van der Waals surface area contributed by atoms with Gasteiger partial charge in [-0.1, -0.05) is 60.7 Å². The number of benzene rings is 3. The monoisotopic (exact) mass is 956 g/mol. The van der Waals surface area contributed by atoms with Crippen LogP contribution < -0.4 is 26.4 Å². The van der Waals surface area contributed by atoms with Crippen molar-refractivity contribution in [2.45, 2.75) is 74.1 Å². The number of H-pyrrole nitrogens is 2. The summed E-state index contributed by atoms with van der Waals surface area (Å²) in [5, 5.41) is 27.7. The van der Waals surface area contributed by atoms with Gasteiger partial charge in [0.05, 0.1) is 52.3 Å². The number of carboxylic acid groups (broad SMARTS) is 2. The first-order valence-electron chi connectivity index (χ1n) is 21.4. The molecule has 3 heterocycles. The first kappa shape index (κ1) is 51.4. The van der Waals surface area contributed by atoms with E-state index in [1.54, 1.807) is 49.8 Å². The summed E-state index contributed by atoms with van der Waals surface area (Å²) in [6.45, 7) is 3.17. The van der Waals surface area contributed by atoms with Gasteiger partial charge in [-0.25, -0.2) is 9.78 Å². The number of aliphatic carboxylic acids is 2. The Balaban J connectivity index is 0.000000284. The van der Waals surface area contributed by atoms with Gasteiger partial charge in [0, 0.05) is 55.4 Å². The number of carbonyl (C=O) groups excluding carboxylic acids is 3. The third-order valence-electron chi connectivity index (χ3n) is 10.5. The van der Waals surface area contributed by atoms with Crippen molar-refractivity contribution < 1.29 is 47.9 Å². The lowest BCUT2D eigenvalue weighted by Gasteiger charge is -2.24. The topological polar surface area (TPSA) is 281 Å². The number of para-hydroxylation sites is 3. The van der Waals surface area contributed by atoms with Gasteiger partial charge in [-0.2, -0.15) is 11.8 Å². The number of thioether (sulfide) groups is 1. The largest absolute Gasteiger partial charge is 0.493 e. The molecule has 0 bridgehead atoms. The van der Waals surface area contributed by atoms with E-state index in [9.17, 15) is 38.4 Å². The molecule has 6 aromatic rings. The number of hydrogen-bond donors (Lipinski definition) is 8. The number of aromatic amines is 2. The van der Waals surface area contributed by atoms with Crippen LogP contribution in [0.3, 0.4) is 0 Å². The average Bonchev–Trinajstić information content (AvgIpc) is 3.95. The first-order valence-corrected chi connectivity index (χ1v) is 24.1. The summed E-state index contributed by atoms with van der Waals surface area (Å²) in [5.74, 6) is -3.51. The Morgan fingerprint density at radius 3 is 2.21 bits per heavy atom. The fraction of sp³-hybridized carbons (Fsp3) is 0.340. The number of nitrogens with one attached hydrogen (secondary N) is 5. The Morgan fingerprint density at radius 1 is 0.836 bits per heavy atom. The number of fused-ring (bicyclic) bond motifs is 2. The predicted molar refractivity (Wildman–Crippen MR) is 256 cm³/mol. The highest BCUT2D eigenvalue weighted by atomic mass is 32.2. The molecule has 0 spiro atoms. The van der Waals surface area contributed by atoms with E-state index in [0.717, 1.165) is 50.9 Å². The summed E-state index contributed by atoms with van der Waals surface area (Å²) in [5.41, 5.74) is 11.9. The smallest absolute Gasteiger partial charge is 0.326 e. The third kappa shape index (κ3) is 15.5. The van der Waals surface area contributed by atoms with Crippen LogP contribution >= 0.6 is 11.8 Å². The number of ether oxygens (including phenoxy) is 2. The highest BCUT2D eigenvalue weighted by Gasteiger charge is 2.32. The van der Waals surface area contributed by atoms with Crippen molar-refractivity contribution in [1.82, 2.24) is 35.9 Å². The molecule has 356 valence electrons. The standard InChI is InChI=1S/C29H35N5O7S.C18H21N3O3S/c1-42-12-11-22(32-26(37)20(30)14-18-16-31-21-10-6-5-9-19(18)21)27(38)33-23(15-25(35)36)28(39)34-24(29(40)41)13-17-7-3-2-4-8-17;1-13-16(19-9-8-17(13)24-11-5-10-23-2)12-25(22)18-20-14-6-3-4-7-15(14)21-18/h2-10,16,20,22-24,31H,11-15,30H2,1H3,(H,32,37)(H,33,38)(H,34,39)(H,35,36)(H,40,41);3-4,6-9H,5,10-12H2,1-2H3,(H,20,21)/t20-,22-,23-,24-;/m0./s1. The lowest BCUT2D eigenvalue weighted by Crippen LogP contribution is -2.58. The zero-order valence-electron chi connectivity index (χ0n) is 37.4. The van der Waals surface area contributed by atoms with Crippen LogP contribution in [0.2, 0.25) is 0 Å². The van der Waals surface area contributed by atoms with Crippen molar-refractivity contribution >= 4 is 74.2 Å². The number of nitrogens with two attached hydrogens (primary N) is 1. The number of imidazole rings is 1. The summed E-state index contributed by atoms with van der Waals surface area (Å²) in [7, 11) is 0.371. The van der Waals surface area contributed by atoms with Gasteiger partial charge in [0.25, 0.3) is 0 Å². The number of nitrogens with zero attached hydrogens (tertiary/aromatic N) is 2. The number of hydrogen-bond acceptors (Lipinski definition) is 12. The van der Waals surface area contributed by atoms with Crippen LogP contribution in [0.1, 0.15) is 41.6 Å². The number of pyridine rings is 1. The van der Waals surface area contributed by atoms with Crippen molar-refractivity contribution in [1.29, 1.82) is 0 Å². The van der Waals surface area contributed by atoms with Crippen molar-refractivity contribution in [3.8, 4) is 5.75 Å². The fourth-order valence-corrected chi connectivity index (χ4v) is 8.44. The quantitative estimate of drug-likeness (QED) is 0.0398. The van der Waals surface area contributed by atoms with Crippen LogP contribution in [0.5, 0.6) is 5.75 Å². The van der Waals surface area contributed by atoms with Crippen molar-refractivity contribution in [2.75, 3.05) is 32.3 Å². The van der Waals surface area contributed by atoms with Gasteiger partial charge in [-0.15, -0.1) is 0 Å². The molecular formula is C47H56N8O10S2. The highest BCUT2D eigenvalue weighted by molar-refractivity contribution is 7.98. The van der Waals surface area contributed by atoms with Gasteiger partial charge >= 0.3 is 11.9 Å². The maximum atomic E-state index is 13.2. The summed E-state index contributed by atoms with van der Waals surface area (Å²) >= 11 is 1.43. The van der Waals surface area contributed by atoms with E-state index in [0.29, 0.717) is 35.4 Å². The molecule has 3 aromatic carbocycles. The second kappa shape index (κ2) is 25.9. The second-order valence-electron chi connectivity index (χ2n) is 15.4. The van der Waals surface area contributed by atoms with Gasteiger partial charge in [-0.3, -0.25) is 28.4 Å². The van der Waals surface area contributed by atoms with E-state index >= 15 is 0 Å². The molecule has 0 saturated heterocycles. The van der Waals surface area contributed by atoms with Gasteiger partial charge in [0.2, 0.25) is 17.7 Å². The highest BCUT2D eigenvalue weighted by Crippen LogP contribution is 2.23. The summed E-state index contributed by atoms with van der Waals surface area (Å²) in [6.07, 6.45) is 5.64. The molecule has 0 fully saturated rings. The molecule has 3 amide bonds. The lowest BCUT2D eigenvalue weighted by molar-refractivity contribution is -0.143. The fourth-order valence-electron chi connectivity index (χ4n) is 6.87. The van der Waals surface area contributed by atoms with E-state index in [-0.39, 0.29) is 19.3 Å². The Bertz CT molecular complexity index is 2590. The maximum Gasteiger partial charge on any atom is 0.326 e. The molecule has 0 radical (unpaired) electrons. The summed E-state index contributed by atoms with van der Waals surface area (Å²) < 4.78 is 23.5. The molecule has 0 aliphatic heterocycles. The normalized spacial score (nSPS) is 13.3. The SMILES string of the molecule is COCCCOc1ccnc(CS(=O)c2nc3ccccc3[nH]2)c1C.CSCC[C@H](NC(=O)[C@@H](N)Cc1c[nH]c2ccccc12)C(=O)N[C@@H](CC(=O)O)C(=O)N[C@@H](Cc1ccccc1)C(=O)O. The summed E-state index contributed by atoms with van der Waals surface area (Å²) in [4.78, 5) is 77.6. The molecule has 6 rings (SSSR count). The zero-order chi connectivity index (χ0) is 48.3. The van der Waals surface area contributed by atoms with Crippen LogP contribution in [-0.2, 0) is 58.1 Å². The molecule has 67 heavy (non-hydrogen) atoms. The molecule has 0 aliphatic carbocycles. The lowest BCUT2D eigenvalue weighted by atomic mass is 10.0. The molecule has 9 N–H and O–H groups in total. The average molecular weight is 957 g/mol. The molecule has 3 aromatic heterocycles. The third-order valence-corrected chi connectivity index (χ3v) is 12.3. The number of carboxylic acids is 2. The van der Waals surface area contributed by atoms with Gasteiger partial charge in [-0.05, 0) is 67.2 Å². The molecule has 1 unspecified atom stereocenters. The Labute approximate surface area is 394 Å². The number of rotatable bonds is 24. The van der Waals surface area contributed by atoms with Crippen molar-refractivity contribution in [3.63, 3.8) is 0 Å². The molecule has 18 nitrogen and oxygen atoms in total. The minimum absolute atomic E-state index is 0.0453. The van der Waals surface area contributed by atoms with E-state index in [1.807, 2.05) is 67.8 Å². The van der Waals surface area contributed by atoms with Crippen molar-refractivity contribution in [2.24, 2.45) is 5.73 Å². The van der Waals surface area contributed by atoms with Crippen LogP contribution in [0.15, 0.2) is 102 Å². The Hall–Kier alpha value is -6.61. The van der Waals surface area contributed by atoms with E-state index in [2.05, 4.69) is 35.9 Å². The van der Waals surface area contributed by atoms with E-state index in [4.69, 9.17) is 15.2 Å². The zero-order valence-corrected chi connectivity index (χ0v) is 39.0. The molecule has 20 heteroatoms. The summed E-state index contributed by atoms with van der Waals surface area (Å²) in [6, 6.07) is 20.6. The van der Waals surface area contributed by atoms with Crippen LogP contribution in [-0.4, -0.2) is 121 Å². The molecule has 0 saturated carbocycles. The Morgan fingerprint density at radius 2 is 1.51 bits per heavy atom. The van der Waals surface area contributed by atoms with Crippen LogP contribution in [0, 0.1) is 6.92 Å². The number of aromatic nitrogens is 4. The van der Waals surface area contributed by atoms with Crippen LogP contribution in [0.25, 0.3) is 21.9 Å². The second-order valence-corrected chi connectivity index (χ2v) is 17.7. The molecular weight excluding hydrogens is 901 g/mol. The van der Waals surface area contributed by atoms with E-state index in [1.165, 1.54) is 11.8 Å². The number of amides is 3. The van der Waals surface area contributed by atoms with Crippen LogP contribution in [0.4, 0.5) is 0 Å². The minimum Gasteiger partial charge on any atom is -0.493 e. The first-order chi connectivity index (χ1) is 32.3. The maximum absolute atomic E-state index is 13.2. The minimum atomic E-state index is -1.58. The Kier molecular flexibility index (Phi) is 19.9. The van der Waals surface area contributed by atoms with Gasteiger partial charge in [0.15, 0.2) is 5.16 Å². The van der Waals surface area contributed by atoms with Gasteiger partial charge in [0.1, 0.15) is 23.9 Å².